The number of benzene rings is 4. The molecular formula is C33H32NO2+. The number of rotatable bonds is 2. The second kappa shape index (κ2) is 8.04. The molecule has 1 fully saturated rings. The first-order valence-corrected chi connectivity index (χ1v) is 13.2. The van der Waals surface area contributed by atoms with Crippen LogP contribution in [0.5, 0.6) is 11.5 Å². The highest BCUT2D eigenvalue weighted by molar-refractivity contribution is 6.17. The second-order valence-electron chi connectivity index (χ2n) is 10.8. The molecule has 1 aromatic heterocycles. The Hall–Kier alpha value is -3.43. The van der Waals surface area contributed by atoms with E-state index in [-0.39, 0.29) is 0 Å². The van der Waals surface area contributed by atoms with Crippen molar-refractivity contribution in [2.24, 2.45) is 7.05 Å². The first-order valence-electron chi connectivity index (χ1n) is 13.2. The molecule has 3 heteroatoms. The molecular weight excluding hydrogens is 442 g/mol. The Kier molecular flexibility index (Phi) is 4.87. The van der Waals surface area contributed by atoms with E-state index in [0.29, 0.717) is 11.8 Å². The normalized spacial score (nSPS) is 15.6. The van der Waals surface area contributed by atoms with E-state index in [1.807, 2.05) is 0 Å². The maximum atomic E-state index is 7.00. The predicted octanol–water partition coefficient (Wildman–Crippen LogP) is 8.07. The van der Waals surface area contributed by atoms with Gasteiger partial charge in [-0.3, -0.25) is 0 Å². The molecule has 0 radical (unpaired) electrons. The summed E-state index contributed by atoms with van der Waals surface area (Å²) in [6.45, 7) is 8.49. The Morgan fingerprint density at radius 3 is 2.39 bits per heavy atom. The van der Waals surface area contributed by atoms with Crippen LogP contribution in [0, 0.1) is 6.92 Å². The molecule has 0 saturated carbocycles. The Bertz CT molecular complexity index is 1690. The Morgan fingerprint density at radius 1 is 0.861 bits per heavy atom. The number of aromatic nitrogens is 1. The van der Waals surface area contributed by atoms with Crippen LogP contribution in [0.25, 0.3) is 43.6 Å². The van der Waals surface area contributed by atoms with Crippen molar-refractivity contribution in [3.8, 4) is 22.8 Å². The van der Waals surface area contributed by atoms with Gasteiger partial charge in [0.25, 0.3) is 0 Å². The number of hydrogen-bond donors (Lipinski definition) is 0. The van der Waals surface area contributed by atoms with Crippen LogP contribution in [-0.2, 0) is 11.8 Å². The second-order valence-corrected chi connectivity index (χ2v) is 10.8. The lowest BCUT2D eigenvalue weighted by Crippen LogP contribution is -2.32. The Balaban J connectivity index is 1.61. The van der Waals surface area contributed by atoms with Gasteiger partial charge in [0, 0.05) is 30.2 Å². The molecule has 0 aliphatic carbocycles. The molecule has 36 heavy (non-hydrogen) atoms. The molecule has 2 aliphatic heterocycles. The van der Waals surface area contributed by atoms with Gasteiger partial charge in [0.05, 0.1) is 10.9 Å². The number of fused-ring (bicyclic) bond motifs is 5. The smallest absolute Gasteiger partial charge is 0.228 e. The number of aryl methyl sites for hydroxylation is 2. The molecule has 0 N–H and O–H groups in total. The van der Waals surface area contributed by atoms with E-state index in [9.17, 15) is 0 Å². The first-order chi connectivity index (χ1) is 17.5. The largest absolute Gasteiger partial charge is 0.455 e. The third-order valence-corrected chi connectivity index (χ3v) is 8.43. The topological polar surface area (TPSA) is 22.3 Å². The quantitative estimate of drug-likeness (QED) is 0.187. The van der Waals surface area contributed by atoms with Crippen LogP contribution in [0.15, 0.2) is 60.8 Å². The molecule has 7 rings (SSSR count). The summed E-state index contributed by atoms with van der Waals surface area (Å²) in [4.78, 5) is 0. The minimum atomic E-state index is 0.341. The highest BCUT2D eigenvalue weighted by Crippen LogP contribution is 2.53. The number of ether oxygens (including phenoxy) is 2. The van der Waals surface area contributed by atoms with E-state index >= 15 is 0 Å². The average molecular weight is 475 g/mol. The lowest BCUT2D eigenvalue weighted by molar-refractivity contribution is -0.659. The van der Waals surface area contributed by atoms with Crippen molar-refractivity contribution in [2.45, 2.75) is 45.4 Å². The highest BCUT2D eigenvalue weighted by Gasteiger charge is 2.34. The van der Waals surface area contributed by atoms with Gasteiger partial charge >= 0.3 is 0 Å². The molecule has 0 spiro atoms. The van der Waals surface area contributed by atoms with Crippen molar-refractivity contribution in [2.75, 3.05) is 13.2 Å². The molecule has 3 heterocycles. The fraction of sp³-hybridized carbons (Fsp3) is 0.303. The van der Waals surface area contributed by atoms with Gasteiger partial charge in [0.15, 0.2) is 6.20 Å². The summed E-state index contributed by atoms with van der Waals surface area (Å²) in [5, 5.41) is 7.73. The van der Waals surface area contributed by atoms with Crippen molar-refractivity contribution in [3.05, 3.63) is 77.5 Å². The van der Waals surface area contributed by atoms with Crippen LogP contribution in [-0.4, -0.2) is 13.2 Å². The number of pyridine rings is 1. The van der Waals surface area contributed by atoms with Crippen LogP contribution in [0.3, 0.4) is 0 Å². The van der Waals surface area contributed by atoms with E-state index < -0.39 is 0 Å². The fourth-order valence-corrected chi connectivity index (χ4v) is 6.73. The van der Waals surface area contributed by atoms with E-state index in [4.69, 9.17) is 9.47 Å². The zero-order chi connectivity index (χ0) is 24.6. The summed E-state index contributed by atoms with van der Waals surface area (Å²) < 4.78 is 15.0. The van der Waals surface area contributed by atoms with Crippen molar-refractivity contribution in [1.82, 2.24) is 0 Å². The molecule has 0 bridgehead atoms. The molecule has 180 valence electrons. The Labute approximate surface area is 212 Å². The molecule has 0 unspecified atom stereocenters. The third-order valence-electron chi connectivity index (χ3n) is 8.43. The predicted molar refractivity (Wildman–Crippen MR) is 147 cm³/mol. The van der Waals surface area contributed by atoms with Gasteiger partial charge in [-0.05, 0) is 70.3 Å². The van der Waals surface area contributed by atoms with Gasteiger partial charge < -0.3 is 9.47 Å². The summed E-state index contributed by atoms with van der Waals surface area (Å²) in [6.07, 6.45) is 4.38. The van der Waals surface area contributed by atoms with Crippen LogP contribution in [0.4, 0.5) is 0 Å². The van der Waals surface area contributed by atoms with Gasteiger partial charge in [-0.2, -0.15) is 0 Å². The highest BCUT2D eigenvalue weighted by atomic mass is 16.5. The van der Waals surface area contributed by atoms with Gasteiger partial charge in [-0.1, -0.05) is 56.3 Å². The van der Waals surface area contributed by atoms with E-state index in [2.05, 4.69) is 93.2 Å². The zero-order valence-electron chi connectivity index (χ0n) is 21.5. The van der Waals surface area contributed by atoms with Crippen LogP contribution in [0.1, 0.15) is 55.2 Å². The summed E-state index contributed by atoms with van der Waals surface area (Å²) in [6, 6.07) is 20.2. The Morgan fingerprint density at radius 2 is 1.61 bits per heavy atom. The molecule has 2 aliphatic rings. The summed E-state index contributed by atoms with van der Waals surface area (Å²) >= 11 is 0. The van der Waals surface area contributed by atoms with Crippen LogP contribution in [0.2, 0.25) is 0 Å². The number of hydrogen-bond acceptors (Lipinski definition) is 2. The van der Waals surface area contributed by atoms with E-state index in [1.54, 1.807) is 0 Å². The zero-order valence-corrected chi connectivity index (χ0v) is 21.5. The lowest BCUT2D eigenvalue weighted by Gasteiger charge is -2.28. The molecule has 3 nitrogen and oxygen atoms in total. The first kappa shape index (κ1) is 21.8. The summed E-state index contributed by atoms with van der Waals surface area (Å²) in [7, 11) is 2.17. The van der Waals surface area contributed by atoms with Crippen molar-refractivity contribution < 1.29 is 14.0 Å². The minimum absolute atomic E-state index is 0.341. The maximum Gasteiger partial charge on any atom is 0.228 e. The van der Waals surface area contributed by atoms with Gasteiger partial charge in [-0.25, -0.2) is 4.57 Å². The number of nitrogens with zero attached hydrogens (tertiary/aromatic N) is 1. The van der Waals surface area contributed by atoms with Gasteiger partial charge in [0.1, 0.15) is 18.5 Å². The standard InChI is InChI=1S/C33H32NO2/c1-19(2)29-25-9-6-5-8-22(25)20(3)30-32-31-26(12-15-34(32)4)24-11-7-10-23(21-13-16-35-17-14-21)27(24)18-28(31)36-33(29)30/h5-12,15,18-19,21H,13-14,16-17H2,1-4H3/q+1. The molecule has 5 aromatic rings. The van der Waals surface area contributed by atoms with Gasteiger partial charge in [0.2, 0.25) is 5.69 Å². The van der Waals surface area contributed by atoms with Crippen LogP contribution < -0.4 is 9.30 Å². The lowest BCUT2D eigenvalue weighted by atomic mass is 9.83. The minimum Gasteiger partial charge on any atom is -0.455 e. The maximum absolute atomic E-state index is 7.00. The van der Waals surface area contributed by atoms with Crippen molar-refractivity contribution in [1.29, 1.82) is 0 Å². The van der Waals surface area contributed by atoms with Gasteiger partial charge in [-0.15, -0.1) is 0 Å². The SMILES string of the molecule is Cc1c2c(c(C(C)C)c3ccccc13)Oc1cc3c(C4CCOCC4)cccc3c3cc[n+](C)c-2c13. The molecule has 4 aromatic carbocycles. The average Bonchev–Trinajstić information content (AvgIpc) is 2.90. The monoisotopic (exact) mass is 474 g/mol. The van der Waals surface area contributed by atoms with Crippen LogP contribution >= 0.6 is 0 Å². The van der Waals surface area contributed by atoms with E-state index in [1.165, 1.54) is 60.3 Å². The third kappa shape index (κ3) is 2.99. The molecule has 0 atom stereocenters. The van der Waals surface area contributed by atoms with E-state index in [0.717, 1.165) is 37.6 Å². The van der Waals surface area contributed by atoms with Crippen molar-refractivity contribution >= 4 is 32.3 Å². The summed E-state index contributed by atoms with van der Waals surface area (Å²) in [5.41, 5.74) is 6.50. The molecule has 0 amide bonds. The summed E-state index contributed by atoms with van der Waals surface area (Å²) in [5.74, 6) is 2.88. The molecule has 1 saturated heterocycles. The van der Waals surface area contributed by atoms with Crippen molar-refractivity contribution in [3.63, 3.8) is 0 Å². The fourth-order valence-electron chi connectivity index (χ4n) is 6.73.